The Morgan fingerprint density at radius 1 is 1.00 bits per heavy atom. The number of benzene rings is 3. The van der Waals surface area contributed by atoms with Crippen LogP contribution < -0.4 is 4.90 Å². The number of hydrogen-bond donors (Lipinski definition) is 1. The number of rotatable bonds is 5. The highest BCUT2D eigenvalue weighted by Crippen LogP contribution is 2.50. The molecule has 1 amide bonds. The van der Waals surface area contributed by atoms with Crippen LogP contribution in [0.15, 0.2) is 66.7 Å². The molecule has 0 spiro atoms. The van der Waals surface area contributed by atoms with Crippen LogP contribution in [0.2, 0.25) is 10.0 Å². The Labute approximate surface area is 190 Å². The number of anilines is 1. The molecule has 3 aromatic carbocycles. The first-order chi connectivity index (χ1) is 14.8. The summed E-state index contributed by atoms with van der Waals surface area (Å²) in [6.45, 7) is 0.285. The molecule has 5 nitrogen and oxygen atoms in total. The second kappa shape index (κ2) is 8.00. The van der Waals surface area contributed by atoms with E-state index in [9.17, 15) is 9.59 Å². The van der Waals surface area contributed by atoms with Gasteiger partial charge in [-0.25, -0.2) is 4.79 Å². The van der Waals surface area contributed by atoms with E-state index in [4.69, 9.17) is 28.3 Å². The Hall–Kier alpha value is -2.86. The van der Waals surface area contributed by atoms with Crippen LogP contribution in [-0.4, -0.2) is 36.0 Å². The minimum absolute atomic E-state index is 0.148. The van der Waals surface area contributed by atoms with Gasteiger partial charge in [-0.1, -0.05) is 53.5 Å². The largest absolute Gasteiger partial charge is 0.478 e. The number of nitrogens with zero attached hydrogens (tertiary/aromatic N) is 2. The lowest BCUT2D eigenvalue weighted by Crippen LogP contribution is -2.50. The summed E-state index contributed by atoms with van der Waals surface area (Å²) < 4.78 is 0. The zero-order chi connectivity index (χ0) is 22.3. The standard InChI is InChI=1S/C24H20Cl2N2O3/c1-27(2)24(18-5-3-4-6-20(18)26)19-13-17(25)11-12-21(19)28(23(24)31)14-15-7-9-16(10-8-15)22(29)30/h3-13H,14H2,1-2H3,(H,29,30). The van der Waals surface area contributed by atoms with Crippen LogP contribution in [0.3, 0.4) is 0 Å². The number of carboxylic acid groups (broad SMARTS) is 1. The molecular weight excluding hydrogens is 435 g/mol. The monoisotopic (exact) mass is 454 g/mol. The van der Waals surface area contributed by atoms with Crippen molar-refractivity contribution in [3.8, 4) is 0 Å². The lowest BCUT2D eigenvalue weighted by atomic mass is 9.82. The fraction of sp³-hybridized carbons (Fsp3) is 0.167. The predicted molar refractivity (Wildman–Crippen MR) is 122 cm³/mol. The van der Waals surface area contributed by atoms with Gasteiger partial charge >= 0.3 is 5.97 Å². The molecule has 0 aromatic heterocycles. The van der Waals surface area contributed by atoms with Crippen molar-refractivity contribution in [3.05, 3.63) is 99.0 Å². The number of halogens is 2. The highest BCUT2D eigenvalue weighted by atomic mass is 35.5. The lowest BCUT2D eigenvalue weighted by Gasteiger charge is -2.36. The smallest absolute Gasteiger partial charge is 0.335 e. The Morgan fingerprint density at radius 2 is 1.68 bits per heavy atom. The number of likely N-dealkylation sites (N-methyl/N-ethyl adjacent to an activating group) is 1. The zero-order valence-corrected chi connectivity index (χ0v) is 18.5. The second-order valence-corrected chi connectivity index (χ2v) is 8.48. The molecule has 0 saturated heterocycles. The van der Waals surface area contributed by atoms with Gasteiger partial charge in [-0.2, -0.15) is 0 Å². The summed E-state index contributed by atoms with van der Waals surface area (Å²) in [5.41, 5.74) is 2.05. The van der Waals surface area contributed by atoms with Crippen molar-refractivity contribution >= 4 is 40.8 Å². The Bertz CT molecular complexity index is 1180. The molecule has 3 aromatic rings. The highest BCUT2D eigenvalue weighted by Gasteiger charge is 2.54. The number of hydrogen-bond acceptors (Lipinski definition) is 3. The molecule has 1 aliphatic heterocycles. The maximum Gasteiger partial charge on any atom is 0.335 e. The van der Waals surface area contributed by atoms with Gasteiger partial charge in [0.25, 0.3) is 5.91 Å². The molecule has 7 heteroatoms. The SMILES string of the molecule is CN(C)C1(c2ccccc2Cl)C(=O)N(Cc2ccc(C(=O)O)cc2)c2ccc(Cl)cc21. The van der Waals surface area contributed by atoms with Gasteiger partial charge < -0.3 is 10.0 Å². The summed E-state index contributed by atoms with van der Waals surface area (Å²) in [7, 11) is 3.69. The maximum atomic E-state index is 14.1. The van der Waals surface area contributed by atoms with E-state index in [1.54, 1.807) is 29.2 Å². The van der Waals surface area contributed by atoms with Crippen LogP contribution in [0.4, 0.5) is 5.69 Å². The maximum absolute atomic E-state index is 14.1. The molecule has 158 valence electrons. The molecule has 4 rings (SSSR count). The van der Waals surface area contributed by atoms with Crippen LogP contribution in [0.25, 0.3) is 0 Å². The van der Waals surface area contributed by atoms with Gasteiger partial charge in [0.1, 0.15) is 0 Å². The molecule has 0 radical (unpaired) electrons. The Morgan fingerprint density at radius 3 is 2.29 bits per heavy atom. The molecule has 0 aliphatic carbocycles. The van der Waals surface area contributed by atoms with Crippen molar-refractivity contribution in [2.45, 2.75) is 12.1 Å². The topological polar surface area (TPSA) is 60.9 Å². The van der Waals surface area contributed by atoms with Crippen molar-refractivity contribution in [1.29, 1.82) is 0 Å². The minimum Gasteiger partial charge on any atom is -0.478 e. The van der Waals surface area contributed by atoms with E-state index >= 15 is 0 Å². The first kappa shape index (κ1) is 21.4. The van der Waals surface area contributed by atoms with Gasteiger partial charge in [-0.05, 0) is 56.1 Å². The molecule has 0 bridgehead atoms. The molecule has 1 heterocycles. The van der Waals surface area contributed by atoms with Crippen LogP contribution in [-0.2, 0) is 16.9 Å². The van der Waals surface area contributed by atoms with Gasteiger partial charge in [0, 0.05) is 21.2 Å². The van der Waals surface area contributed by atoms with E-state index in [2.05, 4.69) is 0 Å². The zero-order valence-electron chi connectivity index (χ0n) is 17.0. The number of carbonyl (C=O) groups excluding carboxylic acids is 1. The van der Waals surface area contributed by atoms with Gasteiger partial charge in [0.05, 0.1) is 17.8 Å². The number of carboxylic acids is 1. The summed E-state index contributed by atoms with van der Waals surface area (Å²) in [5.74, 6) is -1.14. The van der Waals surface area contributed by atoms with Crippen molar-refractivity contribution in [2.24, 2.45) is 0 Å². The summed E-state index contributed by atoms with van der Waals surface area (Å²) >= 11 is 12.9. The average molecular weight is 455 g/mol. The summed E-state index contributed by atoms with van der Waals surface area (Å²) in [5, 5.41) is 10.2. The van der Waals surface area contributed by atoms with Crippen LogP contribution >= 0.6 is 23.2 Å². The number of fused-ring (bicyclic) bond motifs is 1. The lowest BCUT2D eigenvalue weighted by molar-refractivity contribution is -0.126. The normalized spacial score (nSPS) is 17.8. The number of amides is 1. The molecule has 0 saturated carbocycles. The summed E-state index contributed by atoms with van der Waals surface area (Å²) in [6, 6.07) is 19.2. The van der Waals surface area contributed by atoms with E-state index in [0.717, 1.165) is 16.8 Å². The minimum atomic E-state index is -1.14. The van der Waals surface area contributed by atoms with Gasteiger partial charge in [-0.3, -0.25) is 9.69 Å². The van der Waals surface area contributed by atoms with Crippen molar-refractivity contribution in [1.82, 2.24) is 4.90 Å². The number of aromatic carboxylic acids is 1. The number of carbonyl (C=O) groups is 2. The van der Waals surface area contributed by atoms with E-state index in [-0.39, 0.29) is 18.0 Å². The Balaban J connectivity index is 1.88. The summed E-state index contributed by atoms with van der Waals surface area (Å²) in [4.78, 5) is 28.8. The van der Waals surface area contributed by atoms with Crippen LogP contribution in [0.1, 0.15) is 27.0 Å². The first-order valence-corrected chi connectivity index (χ1v) is 10.4. The fourth-order valence-electron chi connectivity index (χ4n) is 4.23. The molecule has 0 fully saturated rings. The summed E-state index contributed by atoms with van der Waals surface area (Å²) in [6.07, 6.45) is 0. The molecule has 31 heavy (non-hydrogen) atoms. The van der Waals surface area contributed by atoms with Crippen molar-refractivity contribution in [3.63, 3.8) is 0 Å². The van der Waals surface area contributed by atoms with Gasteiger partial charge in [0.2, 0.25) is 0 Å². The molecule has 1 atom stereocenters. The molecule has 1 aliphatic rings. The van der Waals surface area contributed by atoms with E-state index in [1.807, 2.05) is 49.3 Å². The van der Waals surface area contributed by atoms with Crippen LogP contribution in [0.5, 0.6) is 0 Å². The highest BCUT2D eigenvalue weighted by molar-refractivity contribution is 6.32. The molecular formula is C24H20Cl2N2O3. The van der Waals surface area contributed by atoms with Gasteiger partial charge in [-0.15, -0.1) is 0 Å². The third-order valence-electron chi connectivity index (χ3n) is 5.67. The molecule has 1 N–H and O–H groups in total. The van der Waals surface area contributed by atoms with E-state index < -0.39 is 11.5 Å². The van der Waals surface area contributed by atoms with Crippen molar-refractivity contribution < 1.29 is 14.7 Å². The van der Waals surface area contributed by atoms with E-state index in [1.165, 1.54) is 12.1 Å². The third-order valence-corrected chi connectivity index (χ3v) is 6.23. The predicted octanol–water partition coefficient (Wildman–Crippen LogP) is 5.04. The van der Waals surface area contributed by atoms with Crippen LogP contribution in [0, 0.1) is 0 Å². The van der Waals surface area contributed by atoms with E-state index in [0.29, 0.717) is 15.6 Å². The first-order valence-electron chi connectivity index (χ1n) is 9.63. The Kier molecular flexibility index (Phi) is 5.52. The third kappa shape index (κ3) is 3.39. The quantitative estimate of drug-likeness (QED) is 0.586. The average Bonchev–Trinajstić information content (AvgIpc) is 2.97. The van der Waals surface area contributed by atoms with Crippen molar-refractivity contribution in [2.75, 3.05) is 19.0 Å². The fourth-order valence-corrected chi connectivity index (χ4v) is 4.68. The molecule has 1 unspecified atom stereocenters. The van der Waals surface area contributed by atoms with Gasteiger partial charge in [0.15, 0.2) is 5.54 Å². The second-order valence-electron chi connectivity index (χ2n) is 7.64.